The molecule has 1 aliphatic rings. The molecule has 3 rings (SSSR count). The normalized spacial score (nSPS) is 19.2. The van der Waals surface area contributed by atoms with Crippen LogP contribution in [0.15, 0.2) is 24.0 Å². The molecule has 1 unspecified atom stereocenters. The molecular formula is C13H17N3S. The number of imidazole rings is 1. The fourth-order valence-corrected chi connectivity index (χ4v) is 3.58. The first-order valence-electron chi connectivity index (χ1n) is 6.11. The fraction of sp³-hybridized carbons (Fsp3) is 0.462. The summed E-state index contributed by atoms with van der Waals surface area (Å²) >= 11 is 1.89. The second kappa shape index (κ2) is 4.63. The highest BCUT2D eigenvalue weighted by atomic mass is 32.1. The standard InChI is InChI=1S/C13H17N3S/c1-14-7-10-8-16(9-15-10)12-3-2-4-13-11(12)5-6-17-13/h5-6,8-9,12,14H,2-4,7H2,1H3. The molecule has 0 spiro atoms. The maximum atomic E-state index is 4.44. The molecule has 0 saturated carbocycles. The third-order valence-corrected chi connectivity index (χ3v) is 4.39. The van der Waals surface area contributed by atoms with Crippen molar-refractivity contribution in [2.24, 2.45) is 0 Å². The fourth-order valence-electron chi connectivity index (χ4n) is 2.59. The predicted molar refractivity (Wildman–Crippen MR) is 70.4 cm³/mol. The van der Waals surface area contributed by atoms with Gasteiger partial charge in [-0.3, -0.25) is 0 Å². The zero-order valence-electron chi connectivity index (χ0n) is 10.0. The third-order valence-electron chi connectivity index (χ3n) is 3.39. The largest absolute Gasteiger partial charge is 0.330 e. The van der Waals surface area contributed by atoms with Crippen molar-refractivity contribution in [3.8, 4) is 0 Å². The maximum absolute atomic E-state index is 4.44. The van der Waals surface area contributed by atoms with E-state index in [-0.39, 0.29) is 0 Å². The molecule has 0 aromatic carbocycles. The van der Waals surface area contributed by atoms with Crippen LogP contribution in [0.5, 0.6) is 0 Å². The lowest BCUT2D eigenvalue weighted by atomic mass is 9.94. The molecule has 2 aromatic heterocycles. The minimum Gasteiger partial charge on any atom is -0.330 e. The van der Waals surface area contributed by atoms with Crippen molar-refractivity contribution in [1.82, 2.24) is 14.9 Å². The van der Waals surface area contributed by atoms with E-state index in [0.29, 0.717) is 6.04 Å². The first kappa shape index (κ1) is 11.0. The SMILES string of the molecule is CNCc1cn(C2CCCc3sccc32)cn1. The molecular weight excluding hydrogens is 230 g/mol. The third kappa shape index (κ3) is 2.03. The highest BCUT2D eigenvalue weighted by Crippen LogP contribution is 2.35. The Balaban J connectivity index is 1.90. The van der Waals surface area contributed by atoms with E-state index < -0.39 is 0 Å². The highest BCUT2D eigenvalue weighted by molar-refractivity contribution is 7.10. The number of thiophene rings is 1. The Morgan fingerprint density at radius 1 is 1.59 bits per heavy atom. The molecule has 0 amide bonds. The summed E-state index contributed by atoms with van der Waals surface area (Å²) in [6.45, 7) is 0.843. The molecule has 4 heteroatoms. The van der Waals surface area contributed by atoms with Crippen LogP contribution in [0.2, 0.25) is 0 Å². The van der Waals surface area contributed by atoms with Crippen LogP contribution in [0.4, 0.5) is 0 Å². The summed E-state index contributed by atoms with van der Waals surface area (Å²) in [4.78, 5) is 6.00. The average Bonchev–Trinajstić information content (AvgIpc) is 2.96. The summed E-state index contributed by atoms with van der Waals surface area (Å²) in [5.41, 5.74) is 2.63. The maximum Gasteiger partial charge on any atom is 0.0955 e. The predicted octanol–water partition coefficient (Wildman–Crippen LogP) is 2.59. The van der Waals surface area contributed by atoms with Gasteiger partial charge in [0.05, 0.1) is 18.1 Å². The van der Waals surface area contributed by atoms with Crippen LogP contribution >= 0.6 is 11.3 Å². The van der Waals surface area contributed by atoms with Gasteiger partial charge in [-0.2, -0.15) is 0 Å². The van der Waals surface area contributed by atoms with Crippen molar-refractivity contribution < 1.29 is 0 Å². The minimum absolute atomic E-state index is 0.503. The number of nitrogens with one attached hydrogen (secondary N) is 1. The van der Waals surface area contributed by atoms with Crippen molar-refractivity contribution >= 4 is 11.3 Å². The molecule has 17 heavy (non-hydrogen) atoms. The number of hydrogen-bond acceptors (Lipinski definition) is 3. The van der Waals surface area contributed by atoms with Crippen molar-refractivity contribution in [3.63, 3.8) is 0 Å². The Labute approximate surface area is 106 Å². The van der Waals surface area contributed by atoms with Crippen LogP contribution in [0, 0.1) is 0 Å². The van der Waals surface area contributed by atoms with Gasteiger partial charge in [0.1, 0.15) is 0 Å². The van der Waals surface area contributed by atoms with E-state index in [1.165, 1.54) is 24.8 Å². The second-order valence-electron chi connectivity index (χ2n) is 4.55. The lowest BCUT2D eigenvalue weighted by Gasteiger charge is -2.23. The van der Waals surface area contributed by atoms with Crippen LogP contribution in [0.3, 0.4) is 0 Å². The lowest BCUT2D eigenvalue weighted by Crippen LogP contribution is -2.14. The van der Waals surface area contributed by atoms with E-state index in [1.807, 2.05) is 24.7 Å². The summed E-state index contributed by atoms with van der Waals surface area (Å²) in [6.07, 6.45) is 7.93. The molecule has 90 valence electrons. The number of aromatic nitrogens is 2. The molecule has 0 saturated heterocycles. The van der Waals surface area contributed by atoms with Crippen LogP contribution in [0.1, 0.15) is 35.0 Å². The Morgan fingerprint density at radius 2 is 2.53 bits per heavy atom. The van der Waals surface area contributed by atoms with Gasteiger partial charge in [-0.15, -0.1) is 11.3 Å². The average molecular weight is 247 g/mol. The van der Waals surface area contributed by atoms with Crippen LogP contribution in [0.25, 0.3) is 0 Å². The Kier molecular flexibility index (Phi) is 2.99. The van der Waals surface area contributed by atoms with E-state index in [9.17, 15) is 0 Å². The van der Waals surface area contributed by atoms with Crippen molar-refractivity contribution in [1.29, 1.82) is 0 Å². The smallest absolute Gasteiger partial charge is 0.0955 e. The number of nitrogens with zero attached hydrogens (tertiary/aromatic N) is 2. The van der Waals surface area contributed by atoms with E-state index in [2.05, 4.69) is 32.5 Å². The van der Waals surface area contributed by atoms with Gasteiger partial charge in [-0.1, -0.05) is 0 Å². The van der Waals surface area contributed by atoms with Gasteiger partial charge in [0.25, 0.3) is 0 Å². The number of hydrogen-bond donors (Lipinski definition) is 1. The Morgan fingerprint density at radius 3 is 3.41 bits per heavy atom. The monoisotopic (exact) mass is 247 g/mol. The first-order valence-corrected chi connectivity index (χ1v) is 6.99. The zero-order chi connectivity index (χ0) is 11.7. The molecule has 0 radical (unpaired) electrons. The molecule has 0 aliphatic heterocycles. The lowest BCUT2D eigenvalue weighted by molar-refractivity contribution is 0.494. The summed E-state index contributed by atoms with van der Waals surface area (Å²) < 4.78 is 2.28. The van der Waals surface area contributed by atoms with Gasteiger partial charge in [-0.05, 0) is 43.3 Å². The van der Waals surface area contributed by atoms with Gasteiger partial charge < -0.3 is 9.88 Å². The molecule has 1 N–H and O–H groups in total. The van der Waals surface area contributed by atoms with Gasteiger partial charge >= 0.3 is 0 Å². The second-order valence-corrected chi connectivity index (χ2v) is 5.55. The number of aryl methyl sites for hydroxylation is 1. The topological polar surface area (TPSA) is 29.9 Å². The molecule has 0 fully saturated rings. The van der Waals surface area contributed by atoms with E-state index in [4.69, 9.17) is 0 Å². The highest BCUT2D eigenvalue weighted by Gasteiger charge is 2.22. The summed E-state index contributed by atoms with van der Waals surface area (Å²) in [5.74, 6) is 0. The van der Waals surface area contributed by atoms with Crippen LogP contribution in [-0.4, -0.2) is 16.6 Å². The molecule has 2 heterocycles. The first-order chi connectivity index (χ1) is 8.38. The van der Waals surface area contributed by atoms with Gasteiger partial charge in [0, 0.05) is 17.6 Å². The van der Waals surface area contributed by atoms with Gasteiger partial charge in [0.15, 0.2) is 0 Å². The molecule has 1 aliphatic carbocycles. The van der Waals surface area contributed by atoms with Crippen molar-refractivity contribution in [2.75, 3.05) is 7.05 Å². The summed E-state index contributed by atoms with van der Waals surface area (Å²) in [6, 6.07) is 2.78. The van der Waals surface area contributed by atoms with E-state index in [0.717, 1.165) is 12.2 Å². The Hall–Kier alpha value is -1.13. The minimum atomic E-state index is 0.503. The van der Waals surface area contributed by atoms with Gasteiger partial charge in [-0.25, -0.2) is 4.98 Å². The number of rotatable bonds is 3. The Bertz CT molecular complexity index is 500. The zero-order valence-corrected chi connectivity index (χ0v) is 10.8. The summed E-state index contributed by atoms with van der Waals surface area (Å²) in [7, 11) is 1.95. The van der Waals surface area contributed by atoms with Crippen molar-refractivity contribution in [3.05, 3.63) is 40.1 Å². The van der Waals surface area contributed by atoms with Crippen LogP contribution < -0.4 is 5.32 Å². The summed E-state index contributed by atoms with van der Waals surface area (Å²) in [5, 5.41) is 5.36. The molecule has 1 atom stereocenters. The van der Waals surface area contributed by atoms with Crippen LogP contribution in [-0.2, 0) is 13.0 Å². The van der Waals surface area contributed by atoms with Gasteiger partial charge in [0.2, 0.25) is 0 Å². The van der Waals surface area contributed by atoms with Crippen molar-refractivity contribution in [2.45, 2.75) is 31.8 Å². The van der Waals surface area contributed by atoms with E-state index >= 15 is 0 Å². The molecule has 0 bridgehead atoms. The molecule has 2 aromatic rings. The molecule has 3 nitrogen and oxygen atoms in total. The quantitative estimate of drug-likeness (QED) is 0.903. The number of fused-ring (bicyclic) bond motifs is 1. The van der Waals surface area contributed by atoms with E-state index in [1.54, 1.807) is 4.88 Å².